The van der Waals surface area contributed by atoms with Crippen LogP contribution in [0.2, 0.25) is 0 Å². The Kier molecular flexibility index (Phi) is 5.80. The molecule has 0 bridgehead atoms. The molecule has 112 valence electrons. The summed E-state index contributed by atoms with van der Waals surface area (Å²) in [6.45, 7) is 7.57. The number of ether oxygens (including phenoxy) is 1. The van der Waals surface area contributed by atoms with Gasteiger partial charge in [0.05, 0.1) is 5.69 Å². The van der Waals surface area contributed by atoms with Crippen LogP contribution in [0, 0.1) is 5.82 Å². The van der Waals surface area contributed by atoms with E-state index in [-0.39, 0.29) is 11.9 Å². The molecule has 0 spiro atoms. The standard InChI is InChI=1S/C14H20BrFN2O2/c1-9(8-17-13(19)20-14(2,3)4)18-12-7-10(15)5-6-11(12)16/h5-7,9,18H,8H2,1-4H3,(H,17,19). The highest BCUT2D eigenvalue weighted by Crippen LogP contribution is 2.20. The van der Waals surface area contributed by atoms with Gasteiger partial charge in [0.15, 0.2) is 0 Å². The van der Waals surface area contributed by atoms with E-state index < -0.39 is 11.7 Å². The zero-order chi connectivity index (χ0) is 15.3. The maximum absolute atomic E-state index is 13.6. The van der Waals surface area contributed by atoms with Gasteiger partial charge in [-0.1, -0.05) is 15.9 Å². The smallest absolute Gasteiger partial charge is 0.407 e. The van der Waals surface area contributed by atoms with Crippen LogP contribution in [-0.2, 0) is 4.74 Å². The van der Waals surface area contributed by atoms with Crippen molar-refractivity contribution in [1.29, 1.82) is 0 Å². The lowest BCUT2D eigenvalue weighted by molar-refractivity contribution is 0.0526. The van der Waals surface area contributed by atoms with Crippen molar-refractivity contribution >= 4 is 27.7 Å². The number of hydrogen-bond donors (Lipinski definition) is 2. The van der Waals surface area contributed by atoms with E-state index >= 15 is 0 Å². The van der Waals surface area contributed by atoms with Crippen LogP contribution >= 0.6 is 15.9 Å². The van der Waals surface area contributed by atoms with Gasteiger partial charge in [-0.3, -0.25) is 0 Å². The summed E-state index contributed by atoms with van der Waals surface area (Å²) in [6, 6.07) is 4.52. The van der Waals surface area contributed by atoms with E-state index in [4.69, 9.17) is 4.74 Å². The van der Waals surface area contributed by atoms with Crippen molar-refractivity contribution in [2.24, 2.45) is 0 Å². The van der Waals surface area contributed by atoms with Gasteiger partial charge in [-0.25, -0.2) is 9.18 Å². The first-order valence-corrected chi connectivity index (χ1v) is 7.15. The molecule has 0 saturated heterocycles. The fraction of sp³-hybridized carbons (Fsp3) is 0.500. The molecule has 0 aliphatic carbocycles. The van der Waals surface area contributed by atoms with E-state index in [1.165, 1.54) is 6.07 Å². The molecule has 1 unspecified atom stereocenters. The summed E-state index contributed by atoms with van der Waals surface area (Å²) >= 11 is 3.29. The van der Waals surface area contributed by atoms with Crippen LogP contribution in [0.5, 0.6) is 0 Å². The molecule has 0 saturated carbocycles. The Labute approximate surface area is 127 Å². The van der Waals surface area contributed by atoms with Crippen LogP contribution in [0.3, 0.4) is 0 Å². The van der Waals surface area contributed by atoms with E-state index in [1.54, 1.807) is 32.9 Å². The van der Waals surface area contributed by atoms with Gasteiger partial charge in [0, 0.05) is 17.1 Å². The first kappa shape index (κ1) is 16.8. The van der Waals surface area contributed by atoms with Crippen molar-refractivity contribution in [3.63, 3.8) is 0 Å². The van der Waals surface area contributed by atoms with Gasteiger partial charge in [0.25, 0.3) is 0 Å². The first-order valence-electron chi connectivity index (χ1n) is 6.36. The molecule has 1 aromatic rings. The second kappa shape index (κ2) is 6.92. The second-order valence-electron chi connectivity index (χ2n) is 5.55. The van der Waals surface area contributed by atoms with Crippen molar-refractivity contribution in [2.45, 2.75) is 39.3 Å². The molecule has 0 radical (unpaired) electrons. The van der Waals surface area contributed by atoms with Crippen LogP contribution in [0.4, 0.5) is 14.9 Å². The van der Waals surface area contributed by atoms with E-state index in [0.717, 1.165) is 4.47 Å². The quantitative estimate of drug-likeness (QED) is 0.868. The SMILES string of the molecule is CC(CNC(=O)OC(C)(C)C)Nc1cc(Br)ccc1F. The largest absolute Gasteiger partial charge is 0.444 e. The van der Waals surface area contributed by atoms with Gasteiger partial charge in [-0.05, 0) is 45.9 Å². The lowest BCUT2D eigenvalue weighted by Crippen LogP contribution is -2.38. The van der Waals surface area contributed by atoms with Gasteiger partial charge in [0.2, 0.25) is 0 Å². The lowest BCUT2D eigenvalue weighted by Gasteiger charge is -2.21. The van der Waals surface area contributed by atoms with Crippen LogP contribution in [-0.4, -0.2) is 24.3 Å². The fourth-order valence-electron chi connectivity index (χ4n) is 1.48. The summed E-state index contributed by atoms with van der Waals surface area (Å²) in [4.78, 5) is 11.5. The van der Waals surface area contributed by atoms with Crippen LogP contribution in [0.1, 0.15) is 27.7 Å². The van der Waals surface area contributed by atoms with E-state index in [2.05, 4.69) is 26.6 Å². The summed E-state index contributed by atoms with van der Waals surface area (Å²) in [5.74, 6) is -0.336. The van der Waals surface area contributed by atoms with Crippen molar-refractivity contribution in [3.05, 3.63) is 28.5 Å². The number of nitrogens with one attached hydrogen (secondary N) is 2. The highest BCUT2D eigenvalue weighted by molar-refractivity contribution is 9.10. The van der Waals surface area contributed by atoms with E-state index in [9.17, 15) is 9.18 Å². The third-order valence-corrected chi connectivity index (χ3v) is 2.78. The maximum Gasteiger partial charge on any atom is 0.407 e. The Balaban J connectivity index is 2.46. The van der Waals surface area contributed by atoms with Gasteiger partial charge in [0.1, 0.15) is 11.4 Å². The minimum atomic E-state index is -0.531. The number of benzene rings is 1. The molecule has 6 heteroatoms. The maximum atomic E-state index is 13.6. The molecule has 1 aromatic carbocycles. The number of anilines is 1. The number of carbonyl (C=O) groups is 1. The third-order valence-electron chi connectivity index (χ3n) is 2.28. The van der Waals surface area contributed by atoms with Crippen molar-refractivity contribution in [3.8, 4) is 0 Å². The number of amides is 1. The molecule has 0 aliphatic rings. The number of rotatable bonds is 4. The van der Waals surface area contributed by atoms with Gasteiger partial charge < -0.3 is 15.4 Å². The van der Waals surface area contributed by atoms with E-state index in [1.807, 2.05) is 6.92 Å². The fourth-order valence-corrected chi connectivity index (χ4v) is 1.84. The van der Waals surface area contributed by atoms with Gasteiger partial charge in [-0.15, -0.1) is 0 Å². The summed E-state index contributed by atoms with van der Waals surface area (Å²) in [7, 11) is 0. The zero-order valence-corrected chi connectivity index (χ0v) is 13.7. The minimum absolute atomic E-state index is 0.133. The van der Waals surface area contributed by atoms with Crippen molar-refractivity contribution < 1.29 is 13.9 Å². The summed E-state index contributed by atoms with van der Waals surface area (Å²) in [6.07, 6.45) is -0.485. The highest BCUT2D eigenvalue weighted by atomic mass is 79.9. The Morgan fingerprint density at radius 3 is 2.70 bits per heavy atom. The van der Waals surface area contributed by atoms with Crippen LogP contribution < -0.4 is 10.6 Å². The number of hydrogen-bond acceptors (Lipinski definition) is 3. The third kappa shape index (κ3) is 6.23. The number of carbonyl (C=O) groups excluding carboxylic acids is 1. The molecule has 0 heterocycles. The molecule has 4 nitrogen and oxygen atoms in total. The zero-order valence-electron chi connectivity index (χ0n) is 12.1. The Bertz CT molecular complexity index is 475. The number of halogens is 2. The lowest BCUT2D eigenvalue weighted by atomic mass is 10.2. The van der Waals surface area contributed by atoms with Gasteiger partial charge in [-0.2, -0.15) is 0 Å². The Morgan fingerprint density at radius 1 is 1.45 bits per heavy atom. The normalized spacial score (nSPS) is 12.7. The molecule has 20 heavy (non-hydrogen) atoms. The average Bonchev–Trinajstić information content (AvgIpc) is 2.29. The molecule has 1 atom stereocenters. The predicted molar refractivity (Wildman–Crippen MR) is 81.4 cm³/mol. The number of alkyl carbamates (subject to hydrolysis) is 1. The summed E-state index contributed by atoms with van der Waals surface area (Å²) in [5, 5.41) is 5.63. The molecular formula is C14H20BrFN2O2. The van der Waals surface area contributed by atoms with Crippen molar-refractivity contribution in [1.82, 2.24) is 5.32 Å². The van der Waals surface area contributed by atoms with Crippen LogP contribution in [0.15, 0.2) is 22.7 Å². The molecule has 0 fully saturated rings. The molecule has 0 aromatic heterocycles. The van der Waals surface area contributed by atoms with Crippen LogP contribution in [0.25, 0.3) is 0 Å². The second-order valence-corrected chi connectivity index (χ2v) is 6.47. The summed E-state index contributed by atoms with van der Waals surface area (Å²) in [5.41, 5.74) is -0.144. The molecule has 2 N–H and O–H groups in total. The summed E-state index contributed by atoms with van der Waals surface area (Å²) < 4.78 is 19.5. The van der Waals surface area contributed by atoms with Gasteiger partial charge >= 0.3 is 6.09 Å². The minimum Gasteiger partial charge on any atom is -0.444 e. The molecule has 1 rings (SSSR count). The monoisotopic (exact) mass is 346 g/mol. The topological polar surface area (TPSA) is 50.4 Å². The Hall–Kier alpha value is -1.30. The molecular weight excluding hydrogens is 327 g/mol. The predicted octanol–water partition coefficient (Wildman–Crippen LogP) is 3.91. The molecule has 0 aliphatic heterocycles. The highest BCUT2D eigenvalue weighted by Gasteiger charge is 2.16. The molecule has 1 amide bonds. The average molecular weight is 347 g/mol. The first-order chi connectivity index (χ1) is 9.17. The Morgan fingerprint density at radius 2 is 2.10 bits per heavy atom. The van der Waals surface area contributed by atoms with E-state index in [0.29, 0.717) is 12.2 Å². The van der Waals surface area contributed by atoms with Crippen molar-refractivity contribution in [2.75, 3.05) is 11.9 Å².